The van der Waals surface area contributed by atoms with E-state index in [-0.39, 0.29) is 11.7 Å². The quantitative estimate of drug-likeness (QED) is 0.799. The van der Waals surface area contributed by atoms with E-state index in [1.54, 1.807) is 16.5 Å². The lowest BCUT2D eigenvalue weighted by Gasteiger charge is -2.24. The molecule has 0 saturated heterocycles. The van der Waals surface area contributed by atoms with Gasteiger partial charge in [-0.05, 0) is 45.2 Å². The van der Waals surface area contributed by atoms with E-state index in [2.05, 4.69) is 0 Å². The maximum atomic E-state index is 12.3. The predicted molar refractivity (Wildman–Crippen MR) is 81.3 cm³/mol. The Labute approximate surface area is 125 Å². The van der Waals surface area contributed by atoms with Crippen LogP contribution in [0.4, 0.5) is 4.79 Å². The smallest absolute Gasteiger partial charge is 0.410 e. The van der Waals surface area contributed by atoms with Crippen molar-refractivity contribution in [2.24, 2.45) is 7.05 Å². The summed E-state index contributed by atoms with van der Waals surface area (Å²) in [6, 6.07) is 0. The van der Waals surface area contributed by atoms with E-state index in [9.17, 15) is 9.59 Å². The lowest BCUT2D eigenvalue weighted by atomic mass is 10.0. The fourth-order valence-electron chi connectivity index (χ4n) is 2.80. The second-order valence-corrected chi connectivity index (χ2v) is 6.58. The van der Waals surface area contributed by atoms with E-state index in [1.807, 2.05) is 34.6 Å². The Hall–Kier alpha value is -1.78. The van der Waals surface area contributed by atoms with Gasteiger partial charge in [0.25, 0.3) is 5.56 Å². The number of nitrogens with zero attached hydrogens (tertiary/aromatic N) is 2. The van der Waals surface area contributed by atoms with Gasteiger partial charge in [0.2, 0.25) is 0 Å². The van der Waals surface area contributed by atoms with Crippen LogP contribution in [0.25, 0.3) is 0 Å². The second kappa shape index (κ2) is 5.20. The number of hydrogen-bond donors (Lipinski definition) is 0. The van der Waals surface area contributed by atoms with Crippen molar-refractivity contribution in [1.82, 2.24) is 9.47 Å². The molecule has 0 bridgehead atoms. The fourth-order valence-corrected chi connectivity index (χ4v) is 2.80. The summed E-state index contributed by atoms with van der Waals surface area (Å²) in [5.74, 6) is 0. The van der Waals surface area contributed by atoms with Gasteiger partial charge >= 0.3 is 6.09 Å². The molecule has 0 spiro atoms. The molecular formula is C16H24N2O3. The Kier molecular flexibility index (Phi) is 3.87. The zero-order valence-electron chi connectivity index (χ0n) is 13.7. The molecule has 2 heterocycles. The van der Waals surface area contributed by atoms with Crippen LogP contribution in [0.3, 0.4) is 0 Å². The summed E-state index contributed by atoms with van der Waals surface area (Å²) >= 11 is 0. The Morgan fingerprint density at radius 1 is 1.29 bits per heavy atom. The number of hydrogen-bond acceptors (Lipinski definition) is 3. The largest absolute Gasteiger partial charge is 0.444 e. The first-order valence-electron chi connectivity index (χ1n) is 7.33. The van der Waals surface area contributed by atoms with Crippen LogP contribution in [-0.2, 0) is 31.3 Å². The molecule has 0 radical (unpaired) electrons. The normalized spacial score (nSPS) is 14.3. The summed E-state index contributed by atoms with van der Waals surface area (Å²) < 4.78 is 7.09. The SMILES string of the molecule is CCc1c(C)c2c(n(C)c1=O)CN(C(=O)OC(C)(C)C)C2. The molecule has 116 valence electrons. The van der Waals surface area contributed by atoms with Gasteiger partial charge < -0.3 is 9.30 Å². The summed E-state index contributed by atoms with van der Waals surface area (Å²) in [6.07, 6.45) is 0.377. The highest BCUT2D eigenvalue weighted by Crippen LogP contribution is 2.27. The van der Waals surface area contributed by atoms with Gasteiger partial charge in [0, 0.05) is 18.3 Å². The molecule has 0 N–H and O–H groups in total. The monoisotopic (exact) mass is 292 g/mol. The fraction of sp³-hybridized carbons (Fsp3) is 0.625. The molecule has 0 atom stereocenters. The van der Waals surface area contributed by atoms with Crippen molar-refractivity contribution in [1.29, 1.82) is 0 Å². The standard InChI is InChI=1S/C16H24N2O3/c1-7-11-10(2)12-8-18(15(20)21-16(3,4)5)9-13(12)17(6)14(11)19/h7-9H2,1-6H3. The molecule has 2 rings (SSSR count). The van der Waals surface area contributed by atoms with Crippen LogP contribution in [0, 0.1) is 6.92 Å². The van der Waals surface area contributed by atoms with Crippen molar-refractivity contribution in [3.8, 4) is 0 Å². The minimum absolute atomic E-state index is 0.0415. The third kappa shape index (κ3) is 2.82. The third-order valence-electron chi connectivity index (χ3n) is 3.92. The molecule has 1 aromatic rings. The summed E-state index contributed by atoms with van der Waals surface area (Å²) in [6.45, 7) is 10.4. The van der Waals surface area contributed by atoms with Crippen LogP contribution >= 0.6 is 0 Å². The average molecular weight is 292 g/mol. The van der Waals surface area contributed by atoms with Gasteiger partial charge in [-0.1, -0.05) is 6.92 Å². The highest BCUT2D eigenvalue weighted by atomic mass is 16.6. The van der Waals surface area contributed by atoms with Crippen LogP contribution < -0.4 is 5.56 Å². The molecule has 0 fully saturated rings. The molecule has 0 aromatic carbocycles. The molecule has 0 aliphatic carbocycles. The molecule has 21 heavy (non-hydrogen) atoms. The van der Waals surface area contributed by atoms with Gasteiger partial charge in [-0.15, -0.1) is 0 Å². The lowest BCUT2D eigenvalue weighted by Crippen LogP contribution is -2.33. The predicted octanol–water partition coefficient (Wildman–Crippen LogP) is 2.51. The van der Waals surface area contributed by atoms with Crippen molar-refractivity contribution in [3.05, 3.63) is 32.7 Å². The van der Waals surface area contributed by atoms with E-state index < -0.39 is 5.60 Å². The highest BCUT2D eigenvalue weighted by Gasteiger charge is 2.31. The topological polar surface area (TPSA) is 51.5 Å². The van der Waals surface area contributed by atoms with Gasteiger partial charge in [0.05, 0.1) is 13.1 Å². The molecule has 1 amide bonds. The van der Waals surface area contributed by atoms with Crippen LogP contribution in [0.1, 0.15) is 50.1 Å². The average Bonchev–Trinajstić information content (AvgIpc) is 2.80. The van der Waals surface area contributed by atoms with E-state index in [0.717, 1.165) is 22.4 Å². The molecule has 5 heteroatoms. The number of rotatable bonds is 1. The summed E-state index contributed by atoms with van der Waals surface area (Å²) in [5.41, 5.74) is 3.38. The minimum atomic E-state index is -0.513. The zero-order valence-corrected chi connectivity index (χ0v) is 13.7. The number of fused-ring (bicyclic) bond motifs is 1. The Morgan fingerprint density at radius 3 is 2.43 bits per heavy atom. The molecular weight excluding hydrogens is 268 g/mol. The molecule has 0 saturated carbocycles. The number of carbonyl (C=O) groups is 1. The first-order chi connectivity index (χ1) is 9.65. The van der Waals surface area contributed by atoms with Crippen LogP contribution in [0.15, 0.2) is 4.79 Å². The molecule has 1 aliphatic rings. The number of pyridine rings is 1. The van der Waals surface area contributed by atoms with E-state index in [4.69, 9.17) is 4.74 Å². The Bertz CT molecular complexity index is 638. The first kappa shape index (κ1) is 15.6. The number of aromatic nitrogens is 1. The first-order valence-corrected chi connectivity index (χ1v) is 7.33. The molecule has 5 nitrogen and oxygen atoms in total. The zero-order chi connectivity index (χ0) is 15.9. The van der Waals surface area contributed by atoms with E-state index in [1.165, 1.54) is 0 Å². The summed E-state index contributed by atoms with van der Waals surface area (Å²) in [5, 5.41) is 0. The van der Waals surface area contributed by atoms with Gasteiger partial charge in [0.15, 0.2) is 0 Å². The van der Waals surface area contributed by atoms with Crippen molar-refractivity contribution >= 4 is 6.09 Å². The highest BCUT2D eigenvalue weighted by molar-refractivity contribution is 5.69. The number of amides is 1. The van der Waals surface area contributed by atoms with Crippen LogP contribution in [0.2, 0.25) is 0 Å². The minimum Gasteiger partial charge on any atom is -0.444 e. The summed E-state index contributed by atoms with van der Waals surface area (Å²) in [4.78, 5) is 26.2. The van der Waals surface area contributed by atoms with Crippen molar-refractivity contribution in [2.75, 3.05) is 0 Å². The Morgan fingerprint density at radius 2 is 1.90 bits per heavy atom. The molecule has 1 aliphatic heterocycles. The molecule has 1 aromatic heterocycles. The van der Waals surface area contributed by atoms with Crippen molar-refractivity contribution in [2.45, 2.75) is 59.7 Å². The van der Waals surface area contributed by atoms with Crippen molar-refractivity contribution < 1.29 is 9.53 Å². The van der Waals surface area contributed by atoms with E-state index in [0.29, 0.717) is 19.5 Å². The number of ether oxygens (including phenoxy) is 1. The van der Waals surface area contributed by atoms with Crippen LogP contribution in [-0.4, -0.2) is 21.2 Å². The van der Waals surface area contributed by atoms with Gasteiger partial charge in [-0.2, -0.15) is 0 Å². The van der Waals surface area contributed by atoms with Crippen molar-refractivity contribution in [3.63, 3.8) is 0 Å². The third-order valence-corrected chi connectivity index (χ3v) is 3.92. The van der Waals surface area contributed by atoms with Gasteiger partial charge in [0.1, 0.15) is 5.60 Å². The maximum absolute atomic E-state index is 12.3. The number of carbonyl (C=O) groups excluding carboxylic acids is 1. The van der Waals surface area contributed by atoms with Gasteiger partial charge in [-0.25, -0.2) is 4.79 Å². The maximum Gasteiger partial charge on any atom is 0.410 e. The lowest BCUT2D eigenvalue weighted by molar-refractivity contribution is 0.0240. The van der Waals surface area contributed by atoms with Gasteiger partial charge in [-0.3, -0.25) is 9.69 Å². The second-order valence-electron chi connectivity index (χ2n) is 6.58. The molecule has 0 unspecified atom stereocenters. The van der Waals surface area contributed by atoms with E-state index >= 15 is 0 Å². The Balaban J connectivity index is 2.36. The summed E-state index contributed by atoms with van der Waals surface area (Å²) in [7, 11) is 1.78. The van der Waals surface area contributed by atoms with Crippen LogP contribution in [0.5, 0.6) is 0 Å².